The monoisotopic (exact) mass is 293 g/mol. The first-order valence-electron chi connectivity index (χ1n) is 8.11. The Bertz CT molecular complexity index is 406. The van der Waals surface area contributed by atoms with Gasteiger partial charge in [0.05, 0.1) is 12.5 Å². The summed E-state index contributed by atoms with van der Waals surface area (Å²) in [4.78, 5) is 25.2. The van der Waals surface area contributed by atoms with Crippen molar-refractivity contribution in [3.8, 4) is 0 Å². The Morgan fingerprint density at radius 3 is 2.90 bits per heavy atom. The van der Waals surface area contributed by atoms with Crippen molar-refractivity contribution < 1.29 is 9.59 Å². The molecule has 0 aromatic rings. The topological polar surface area (TPSA) is 75.4 Å². The Labute approximate surface area is 126 Å². The van der Waals surface area contributed by atoms with E-state index in [1.165, 1.54) is 31.3 Å². The molecule has 0 bridgehead atoms. The number of nitrogens with two attached hydrogens (primary N) is 1. The number of hydrogen-bond donors (Lipinski definition) is 2. The van der Waals surface area contributed by atoms with Crippen LogP contribution >= 0.6 is 0 Å². The Hall–Kier alpha value is -1.36. The number of carbonyl (C=O) groups excluding carboxylic acids is 2. The highest BCUT2D eigenvalue weighted by molar-refractivity contribution is 5.79. The highest BCUT2D eigenvalue weighted by Gasteiger charge is 2.24. The largest absolute Gasteiger partial charge is 0.369 e. The summed E-state index contributed by atoms with van der Waals surface area (Å²) in [6.07, 6.45) is 10.0. The molecular weight excluding hydrogens is 266 g/mol. The molecule has 3 N–H and O–H groups in total. The summed E-state index contributed by atoms with van der Waals surface area (Å²) in [6.45, 7) is 2.59. The standard InChI is InChI=1S/C16H27N3O2/c17-16(21)14-7-4-10-19(11-14)12-15(20)18-9-8-13-5-2-1-3-6-13/h5,14H,1-4,6-12H2,(H2,17,21)(H,18,20)/t14-/m0/s1. The molecule has 0 unspecified atom stereocenters. The number of primary amides is 1. The fourth-order valence-electron chi connectivity index (χ4n) is 3.18. The lowest BCUT2D eigenvalue weighted by Gasteiger charge is -2.30. The van der Waals surface area contributed by atoms with E-state index < -0.39 is 0 Å². The van der Waals surface area contributed by atoms with Crippen molar-refractivity contribution in [3.05, 3.63) is 11.6 Å². The molecule has 1 fully saturated rings. The van der Waals surface area contributed by atoms with E-state index in [2.05, 4.69) is 11.4 Å². The summed E-state index contributed by atoms with van der Waals surface area (Å²) < 4.78 is 0. The molecule has 1 aliphatic heterocycles. The van der Waals surface area contributed by atoms with Gasteiger partial charge in [0.1, 0.15) is 0 Å². The van der Waals surface area contributed by atoms with Crippen LogP contribution in [0.1, 0.15) is 44.9 Å². The summed E-state index contributed by atoms with van der Waals surface area (Å²) in [5.74, 6) is -0.292. The van der Waals surface area contributed by atoms with Crippen LogP contribution in [0.4, 0.5) is 0 Å². The Balaban J connectivity index is 1.64. The predicted octanol–water partition coefficient (Wildman–Crippen LogP) is 1.19. The molecule has 1 atom stereocenters. The van der Waals surface area contributed by atoms with Crippen LogP contribution in [0.25, 0.3) is 0 Å². The van der Waals surface area contributed by atoms with Gasteiger partial charge in [-0.3, -0.25) is 14.5 Å². The minimum absolute atomic E-state index is 0.0523. The quantitative estimate of drug-likeness (QED) is 0.722. The molecule has 5 heteroatoms. The number of piperidine rings is 1. The number of likely N-dealkylation sites (tertiary alicyclic amines) is 1. The molecule has 0 aromatic carbocycles. The molecule has 1 aliphatic carbocycles. The zero-order valence-corrected chi connectivity index (χ0v) is 12.8. The maximum Gasteiger partial charge on any atom is 0.234 e. The van der Waals surface area contributed by atoms with E-state index in [4.69, 9.17) is 5.73 Å². The van der Waals surface area contributed by atoms with Crippen molar-refractivity contribution >= 4 is 11.8 Å². The second-order valence-corrected chi connectivity index (χ2v) is 6.18. The second kappa shape index (κ2) is 8.17. The molecule has 1 saturated heterocycles. The molecule has 21 heavy (non-hydrogen) atoms. The van der Waals surface area contributed by atoms with Crippen LogP contribution in [0, 0.1) is 5.92 Å². The average molecular weight is 293 g/mol. The Kier molecular flexibility index (Phi) is 6.23. The summed E-state index contributed by atoms with van der Waals surface area (Å²) in [7, 11) is 0. The van der Waals surface area contributed by atoms with E-state index in [1.807, 2.05) is 4.90 Å². The highest BCUT2D eigenvalue weighted by Crippen LogP contribution is 2.19. The van der Waals surface area contributed by atoms with Gasteiger partial charge >= 0.3 is 0 Å². The van der Waals surface area contributed by atoms with Crippen LogP contribution in [0.3, 0.4) is 0 Å². The van der Waals surface area contributed by atoms with Gasteiger partial charge < -0.3 is 11.1 Å². The first-order chi connectivity index (χ1) is 10.1. The number of hydrogen-bond acceptors (Lipinski definition) is 3. The second-order valence-electron chi connectivity index (χ2n) is 6.18. The minimum atomic E-state index is -0.246. The van der Waals surface area contributed by atoms with Crippen molar-refractivity contribution in [3.63, 3.8) is 0 Å². The number of nitrogens with one attached hydrogen (secondary N) is 1. The molecule has 1 heterocycles. The van der Waals surface area contributed by atoms with Crippen molar-refractivity contribution in [2.45, 2.75) is 44.9 Å². The Morgan fingerprint density at radius 2 is 2.19 bits per heavy atom. The van der Waals surface area contributed by atoms with Crippen LogP contribution in [-0.4, -0.2) is 42.9 Å². The van der Waals surface area contributed by atoms with Gasteiger partial charge in [-0.1, -0.05) is 11.6 Å². The van der Waals surface area contributed by atoms with E-state index >= 15 is 0 Å². The highest BCUT2D eigenvalue weighted by atomic mass is 16.2. The molecular formula is C16H27N3O2. The molecule has 5 nitrogen and oxygen atoms in total. The van der Waals surface area contributed by atoms with E-state index in [-0.39, 0.29) is 17.7 Å². The molecule has 0 saturated carbocycles. The van der Waals surface area contributed by atoms with Crippen LogP contribution in [-0.2, 0) is 9.59 Å². The smallest absolute Gasteiger partial charge is 0.234 e. The van der Waals surface area contributed by atoms with Crippen molar-refractivity contribution in [1.29, 1.82) is 0 Å². The maximum absolute atomic E-state index is 11.9. The van der Waals surface area contributed by atoms with Crippen molar-refractivity contribution in [2.24, 2.45) is 11.7 Å². The molecule has 118 valence electrons. The summed E-state index contributed by atoms with van der Waals surface area (Å²) in [5, 5.41) is 2.98. The molecule has 2 rings (SSSR count). The fraction of sp³-hybridized carbons (Fsp3) is 0.750. The number of allylic oxidation sites excluding steroid dienone is 1. The predicted molar refractivity (Wildman–Crippen MR) is 82.5 cm³/mol. The van der Waals surface area contributed by atoms with E-state index in [1.54, 1.807) is 0 Å². The first-order valence-corrected chi connectivity index (χ1v) is 8.11. The van der Waals surface area contributed by atoms with Crippen molar-refractivity contribution in [2.75, 3.05) is 26.2 Å². The van der Waals surface area contributed by atoms with Gasteiger partial charge in [0.2, 0.25) is 11.8 Å². The van der Waals surface area contributed by atoms with Gasteiger partial charge in [0, 0.05) is 13.1 Å². The first kappa shape index (κ1) is 16.0. The SMILES string of the molecule is NC(=O)[C@H]1CCCN(CC(=O)NCCC2=CCCCC2)C1. The summed E-state index contributed by atoms with van der Waals surface area (Å²) in [6, 6.07) is 0. The third kappa shape index (κ3) is 5.50. The number of amides is 2. The van der Waals surface area contributed by atoms with E-state index in [9.17, 15) is 9.59 Å². The Morgan fingerprint density at radius 1 is 1.33 bits per heavy atom. The number of carbonyl (C=O) groups is 2. The molecule has 2 aliphatic rings. The summed E-state index contributed by atoms with van der Waals surface area (Å²) >= 11 is 0. The fourth-order valence-corrected chi connectivity index (χ4v) is 3.18. The lowest BCUT2D eigenvalue weighted by molar-refractivity contribution is -0.126. The van der Waals surface area contributed by atoms with Crippen LogP contribution in [0.5, 0.6) is 0 Å². The number of nitrogens with zero attached hydrogens (tertiary/aromatic N) is 1. The lowest BCUT2D eigenvalue weighted by atomic mass is 9.97. The van der Waals surface area contributed by atoms with Gasteiger partial charge in [-0.2, -0.15) is 0 Å². The van der Waals surface area contributed by atoms with Gasteiger partial charge in [-0.25, -0.2) is 0 Å². The van der Waals surface area contributed by atoms with Gasteiger partial charge in [0.25, 0.3) is 0 Å². The third-order valence-electron chi connectivity index (χ3n) is 4.43. The average Bonchev–Trinajstić information content (AvgIpc) is 2.48. The van der Waals surface area contributed by atoms with Crippen LogP contribution in [0.15, 0.2) is 11.6 Å². The zero-order chi connectivity index (χ0) is 15.1. The maximum atomic E-state index is 11.9. The molecule has 0 radical (unpaired) electrons. The lowest BCUT2D eigenvalue weighted by Crippen LogP contribution is -2.45. The van der Waals surface area contributed by atoms with E-state index in [0.29, 0.717) is 13.1 Å². The van der Waals surface area contributed by atoms with Gasteiger partial charge in [0.15, 0.2) is 0 Å². The molecule has 0 spiro atoms. The minimum Gasteiger partial charge on any atom is -0.369 e. The molecule has 2 amide bonds. The normalized spacial score (nSPS) is 23.4. The zero-order valence-electron chi connectivity index (χ0n) is 12.8. The van der Waals surface area contributed by atoms with E-state index in [0.717, 1.165) is 32.4 Å². The van der Waals surface area contributed by atoms with Crippen LogP contribution < -0.4 is 11.1 Å². The number of rotatable bonds is 6. The van der Waals surface area contributed by atoms with Crippen LogP contribution in [0.2, 0.25) is 0 Å². The third-order valence-corrected chi connectivity index (χ3v) is 4.43. The van der Waals surface area contributed by atoms with Gasteiger partial charge in [-0.15, -0.1) is 0 Å². The summed E-state index contributed by atoms with van der Waals surface area (Å²) in [5.41, 5.74) is 6.83. The van der Waals surface area contributed by atoms with Crippen molar-refractivity contribution in [1.82, 2.24) is 10.2 Å². The molecule has 0 aromatic heterocycles. The van der Waals surface area contributed by atoms with Gasteiger partial charge in [-0.05, 0) is 51.5 Å².